The predicted octanol–water partition coefficient (Wildman–Crippen LogP) is 1.51. The summed E-state index contributed by atoms with van der Waals surface area (Å²) in [6.45, 7) is 5.25. The lowest BCUT2D eigenvalue weighted by atomic mass is 10.0. The van der Waals surface area contributed by atoms with E-state index >= 15 is 0 Å². The quantitative estimate of drug-likeness (QED) is 0.808. The number of aliphatic hydroxyl groups is 1. The van der Waals surface area contributed by atoms with Crippen LogP contribution in [-0.4, -0.2) is 32.8 Å². The van der Waals surface area contributed by atoms with Crippen molar-refractivity contribution < 1.29 is 18.3 Å². The Morgan fingerprint density at radius 2 is 2.05 bits per heavy atom. The molecule has 0 saturated heterocycles. The Labute approximate surface area is 126 Å². The Bertz CT molecular complexity index is 654. The van der Waals surface area contributed by atoms with Crippen LogP contribution in [-0.2, 0) is 10.0 Å². The summed E-state index contributed by atoms with van der Waals surface area (Å²) < 4.78 is 32.6. The minimum Gasteiger partial charge on any atom is -0.495 e. The molecule has 0 radical (unpaired) electrons. The summed E-state index contributed by atoms with van der Waals surface area (Å²) >= 11 is 0. The molecule has 1 rings (SSSR count). The van der Waals surface area contributed by atoms with E-state index in [4.69, 9.17) is 9.84 Å². The van der Waals surface area contributed by atoms with Crippen molar-refractivity contribution in [2.24, 2.45) is 0 Å². The molecule has 6 heteroatoms. The maximum atomic E-state index is 12.4. The first-order chi connectivity index (χ1) is 9.75. The Morgan fingerprint density at radius 1 is 1.38 bits per heavy atom. The van der Waals surface area contributed by atoms with Gasteiger partial charge in [0, 0.05) is 5.54 Å². The van der Waals surface area contributed by atoms with Crippen molar-refractivity contribution in [2.45, 2.75) is 37.6 Å². The van der Waals surface area contributed by atoms with Crippen LogP contribution in [0.25, 0.3) is 0 Å². The summed E-state index contributed by atoms with van der Waals surface area (Å²) in [7, 11) is -2.16. The zero-order valence-corrected chi connectivity index (χ0v) is 13.5. The van der Waals surface area contributed by atoms with Gasteiger partial charge in [0.15, 0.2) is 0 Å². The molecule has 116 valence electrons. The summed E-state index contributed by atoms with van der Waals surface area (Å²) in [6, 6.07) is 4.46. The number of hydrogen-bond donors (Lipinski definition) is 2. The second-order valence-electron chi connectivity index (χ2n) is 5.16. The van der Waals surface area contributed by atoms with Crippen molar-refractivity contribution >= 4 is 10.0 Å². The molecule has 0 bridgehead atoms. The number of methoxy groups -OCH3 is 1. The van der Waals surface area contributed by atoms with E-state index in [0.29, 0.717) is 17.7 Å². The minimum absolute atomic E-state index is 0.118. The Kier molecular flexibility index (Phi) is 5.78. The monoisotopic (exact) mass is 311 g/mol. The third-order valence-corrected chi connectivity index (χ3v) is 4.77. The molecular weight excluding hydrogens is 290 g/mol. The second kappa shape index (κ2) is 6.94. The van der Waals surface area contributed by atoms with Gasteiger partial charge in [0.2, 0.25) is 10.0 Å². The van der Waals surface area contributed by atoms with E-state index < -0.39 is 15.6 Å². The Hall–Kier alpha value is -1.55. The van der Waals surface area contributed by atoms with E-state index in [0.717, 1.165) is 0 Å². The van der Waals surface area contributed by atoms with E-state index in [9.17, 15) is 8.42 Å². The standard InChI is InChI=1S/C15H21NO4S/c1-5-15(2,3)16-21(18,19)13-8-9-14(20-4)12(11-13)7-6-10-17/h8-9,11,16-17H,5,10H2,1-4H3. The van der Waals surface area contributed by atoms with Crippen molar-refractivity contribution in [3.63, 3.8) is 0 Å². The SMILES string of the molecule is CCC(C)(C)NS(=O)(=O)c1ccc(OC)c(C#CCO)c1. The molecule has 0 aliphatic rings. The van der Waals surface area contributed by atoms with Gasteiger partial charge >= 0.3 is 0 Å². The first kappa shape index (κ1) is 17.5. The van der Waals surface area contributed by atoms with Crippen LogP contribution in [0.2, 0.25) is 0 Å². The molecule has 0 saturated carbocycles. The molecule has 0 unspecified atom stereocenters. The normalized spacial score (nSPS) is 11.7. The summed E-state index contributed by atoms with van der Waals surface area (Å²) in [4.78, 5) is 0.118. The fraction of sp³-hybridized carbons (Fsp3) is 0.467. The van der Waals surface area contributed by atoms with Crippen molar-refractivity contribution in [3.05, 3.63) is 23.8 Å². The first-order valence-corrected chi connectivity index (χ1v) is 8.06. The largest absolute Gasteiger partial charge is 0.495 e. The van der Waals surface area contributed by atoms with Gasteiger partial charge in [0.1, 0.15) is 12.4 Å². The van der Waals surface area contributed by atoms with Crippen molar-refractivity contribution in [3.8, 4) is 17.6 Å². The topological polar surface area (TPSA) is 75.6 Å². The van der Waals surface area contributed by atoms with E-state index in [1.807, 2.05) is 20.8 Å². The van der Waals surface area contributed by atoms with Gasteiger partial charge in [-0.1, -0.05) is 18.8 Å². The molecule has 5 nitrogen and oxygen atoms in total. The van der Waals surface area contributed by atoms with Crippen LogP contribution >= 0.6 is 0 Å². The highest BCUT2D eigenvalue weighted by Gasteiger charge is 2.25. The molecule has 21 heavy (non-hydrogen) atoms. The highest BCUT2D eigenvalue weighted by atomic mass is 32.2. The van der Waals surface area contributed by atoms with Crippen molar-refractivity contribution in [1.29, 1.82) is 0 Å². The van der Waals surface area contributed by atoms with E-state index in [1.165, 1.54) is 19.2 Å². The van der Waals surface area contributed by atoms with Crippen LogP contribution < -0.4 is 9.46 Å². The molecule has 0 fully saturated rings. The van der Waals surface area contributed by atoms with Crippen molar-refractivity contribution in [2.75, 3.05) is 13.7 Å². The lowest BCUT2D eigenvalue weighted by Gasteiger charge is -2.24. The molecule has 0 aromatic heterocycles. The van der Waals surface area contributed by atoms with E-state index in [1.54, 1.807) is 6.07 Å². The first-order valence-electron chi connectivity index (χ1n) is 6.57. The number of aliphatic hydroxyl groups excluding tert-OH is 1. The molecule has 1 aromatic rings. The molecule has 0 amide bonds. The average Bonchev–Trinajstić information content (AvgIpc) is 2.43. The maximum absolute atomic E-state index is 12.4. The molecule has 2 N–H and O–H groups in total. The lowest BCUT2D eigenvalue weighted by molar-refractivity contribution is 0.350. The van der Waals surface area contributed by atoms with Crippen LogP contribution in [0.1, 0.15) is 32.8 Å². The zero-order valence-electron chi connectivity index (χ0n) is 12.7. The number of hydrogen-bond acceptors (Lipinski definition) is 4. The van der Waals surface area contributed by atoms with Gasteiger partial charge in [-0.25, -0.2) is 13.1 Å². The maximum Gasteiger partial charge on any atom is 0.241 e. The van der Waals surface area contributed by atoms with Crippen LogP contribution in [0.15, 0.2) is 23.1 Å². The van der Waals surface area contributed by atoms with Gasteiger partial charge in [0.05, 0.1) is 17.6 Å². The summed E-state index contributed by atoms with van der Waals surface area (Å²) in [6.07, 6.45) is 0.666. The third kappa shape index (κ3) is 4.74. The lowest BCUT2D eigenvalue weighted by Crippen LogP contribution is -2.42. The predicted molar refractivity (Wildman–Crippen MR) is 81.6 cm³/mol. The van der Waals surface area contributed by atoms with Gasteiger partial charge < -0.3 is 9.84 Å². The highest BCUT2D eigenvalue weighted by Crippen LogP contribution is 2.23. The minimum atomic E-state index is -3.64. The Balaban J connectivity index is 3.25. The summed E-state index contributed by atoms with van der Waals surface area (Å²) in [5.74, 6) is 5.64. The van der Waals surface area contributed by atoms with E-state index in [-0.39, 0.29) is 11.5 Å². The number of benzene rings is 1. The molecule has 0 atom stereocenters. The van der Waals surface area contributed by atoms with Gasteiger partial charge in [-0.2, -0.15) is 0 Å². The van der Waals surface area contributed by atoms with Crippen LogP contribution in [0.3, 0.4) is 0 Å². The molecular formula is C15H21NO4S. The van der Waals surface area contributed by atoms with Crippen molar-refractivity contribution in [1.82, 2.24) is 4.72 Å². The van der Waals surface area contributed by atoms with E-state index in [2.05, 4.69) is 16.6 Å². The molecule has 0 aliphatic carbocycles. The number of nitrogens with one attached hydrogen (secondary N) is 1. The fourth-order valence-corrected chi connectivity index (χ4v) is 3.09. The number of ether oxygens (including phenoxy) is 1. The third-order valence-electron chi connectivity index (χ3n) is 3.08. The average molecular weight is 311 g/mol. The van der Waals surface area contributed by atoms with Gasteiger partial charge in [0.25, 0.3) is 0 Å². The number of rotatable bonds is 5. The molecule has 0 aliphatic heterocycles. The fourth-order valence-electron chi connectivity index (χ4n) is 1.58. The number of sulfonamides is 1. The van der Waals surface area contributed by atoms with Crippen LogP contribution in [0, 0.1) is 11.8 Å². The molecule has 0 heterocycles. The molecule has 0 spiro atoms. The second-order valence-corrected chi connectivity index (χ2v) is 6.85. The van der Waals surface area contributed by atoms with Crippen LogP contribution in [0.5, 0.6) is 5.75 Å². The van der Waals surface area contributed by atoms with Gasteiger partial charge in [-0.15, -0.1) is 0 Å². The van der Waals surface area contributed by atoms with Gasteiger partial charge in [-0.3, -0.25) is 0 Å². The highest BCUT2D eigenvalue weighted by molar-refractivity contribution is 7.89. The van der Waals surface area contributed by atoms with Gasteiger partial charge in [-0.05, 0) is 38.5 Å². The summed E-state index contributed by atoms with van der Waals surface area (Å²) in [5.41, 5.74) is -0.112. The Morgan fingerprint density at radius 3 is 2.57 bits per heavy atom. The molecule has 1 aromatic carbocycles. The smallest absolute Gasteiger partial charge is 0.241 e. The zero-order chi connectivity index (χ0) is 16.1. The van der Waals surface area contributed by atoms with Crippen LogP contribution in [0.4, 0.5) is 0 Å². The summed E-state index contributed by atoms with van der Waals surface area (Å²) in [5, 5.41) is 8.76.